The zero-order chi connectivity index (χ0) is 10.6. The number of nitrogens with zero attached hydrogens (tertiary/aromatic N) is 2. The van der Waals surface area contributed by atoms with E-state index in [-0.39, 0.29) is 5.69 Å². The van der Waals surface area contributed by atoms with Crippen molar-refractivity contribution >= 4 is 5.69 Å². The fourth-order valence-corrected chi connectivity index (χ4v) is 1.10. The number of nitro benzene ring substituents is 1. The second kappa shape index (κ2) is 4.35. The standard InChI is InChI=1S/C9H9N3O2/c10-6-8(11)4-7-2-1-3-9(5-7)12(13)14/h1-3,5,8H,4,11H2. The molecule has 0 saturated heterocycles. The van der Waals surface area contributed by atoms with Gasteiger partial charge in [-0.1, -0.05) is 12.1 Å². The molecule has 0 radical (unpaired) electrons. The molecule has 14 heavy (non-hydrogen) atoms. The van der Waals surface area contributed by atoms with E-state index in [2.05, 4.69) is 0 Å². The molecular formula is C9H9N3O2. The van der Waals surface area contributed by atoms with Gasteiger partial charge in [-0.2, -0.15) is 5.26 Å². The fourth-order valence-electron chi connectivity index (χ4n) is 1.10. The predicted octanol–water partition coefficient (Wildman–Crippen LogP) is 0.988. The van der Waals surface area contributed by atoms with Gasteiger partial charge in [0.25, 0.3) is 5.69 Å². The predicted molar refractivity (Wildman–Crippen MR) is 50.4 cm³/mol. The van der Waals surface area contributed by atoms with Gasteiger partial charge < -0.3 is 5.73 Å². The van der Waals surface area contributed by atoms with Gasteiger partial charge in [0.1, 0.15) is 0 Å². The first-order chi connectivity index (χ1) is 6.63. The summed E-state index contributed by atoms with van der Waals surface area (Å²) in [6.45, 7) is 0. The molecule has 0 aliphatic heterocycles. The molecule has 1 unspecified atom stereocenters. The van der Waals surface area contributed by atoms with E-state index in [0.717, 1.165) is 0 Å². The van der Waals surface area contributed by atoms with E-state index >= 15 is 0 Å². The highest BCUT2D eigenvalue weighted by Gasteiger charge is 2.07. The number of non-ortho nitro benzene ring substituents is 1. The van der Waals surface area contributed by atoms with Gasteiger partial charge in [-0.3, -0.25) is 10.1 Å². The summed E-state index contributed by atoms with van der Waals surface area (Å²) >= 11 is 0. The summed E-state index contributed by atoms with van der Waals surface area (Å²) in [7, 11) is 0. The van der Waals surface area contributed by atoms with Crippen molar-refractivity contribution in [3.63, 3.8) is 0 Å². The van der Waals surface area contributed by atoms with Gasteiger partial charge in [0, 0.05) is 18.6 Å². The van der Waals surface area contributed by atoms with E-state index < -0.39 is 11.0 Å². The average molecular weight is 191 g/mol. The van der Waals surface area contributed by atoms with Crippen LogP contribution in [0.4, 0.5) is 5.69 Å². The van der Waals surface area contributed by atoms with Gasteiger partial charge in [-0.25, -0.2) is 0 Å². The quantitative estimate of drug-likeness (QED) is 0.569. The molecule has 5 nitrogen and oxygen atoms in total. The van der Waals surface area contributed by atoms with Crippen LogP contribution in [0, 0.1) is 21.4 Å². The number of nitro groups is 1. The Morgan fingerprint density at radius 1 is 1.64 bits per heavy atom. The van der Waals surface area contributed by atoms with Crippen LogP contribution in [0.5, 0.6) is 0 Å². The molecule has 5 heteroatoms. The van der Waals surface area contributed by atoms with Crippen molar-refractivity contribution in [1.29, 1.82) is 5.26 Å². The van der Waals surface area contributed by atoms with Crippen molar-refractivity contribution in [2.24, 2.45) is 5.73 Å². The second-order valence-electron chi connectivity index (χ2n) is 2.87. The van der Waals surface area contributed by atoms with Crippen LogP contribution in [0.1, 0.15) is 5.56 Å². The highest BCUT2D eigenvalue weighted by Crippen LogP contribution is 2.13. The molecule has 1 aromatic carbocycles. The minimum atomic E-state index is -0.614. The topological polar surface area (TPSA) is 93.0 Å². The lowest BCUT2D eigenvalue weighted by Gasteiger charge is -2.01. The van der Waals surface area contributed by atoms with Gasteiger partial charge in [-0.05, 0) is 5.56 Å². The zero-order valence-corrected chi connectivity index (χ0v) is 7.38. The largest absolute Gasteiger partial charge is 0.316 e. The van der Waals surface area contributed by atoms with Crippen molar-refractivity contribution in [2.45, 2.75) is 12.5 Å². The normalized spacial score (nSPS) is 11.7. The lowest BCUT2D eigenvalue weighted by Crippen LogP contribution is -2.20. The van der Waals surface area contributed by atoms with E-state index in [1.807, 2.05) is 6.07 Å². The summed E-state index contributed by atoms with van der Waals surface area (Å²) in [5, 5.41) is 18.9. The number of nitrogens with two attached hydrogens (primary N) is 1. The van der Waals surface area contributed by atoms with Crippen LogP contribution >= 0.6 is 0 Å². The number of benzene rings is 1. The van der Waals surface area contributed by atoms with Gasteiger partial charge in [0.05, 0.1) is 17.0 Å². The molecule has 0 bridgehead atoms. The van der Waals surface area contributed by atoms with Crippen LogP contribution in [0.3, 0.4) is 0 Å². The third-order valence-electron chi connectivity index (χ3n) is 1.74. The van der Waals surface area contributed by atoms with E-state index in [1.165, 1.54) is 12.1 Å². The third-order valence-corrected chi connectivity index (χ3v) is 1.74. The first-order valence-corrected chi connectivity index (χ1v) is 4.02. The van der Waals surface area contributed by atoms with Crippen LogP contribution in [0.2, 0.25) is 0 Å². The SMILES string of the molecule is N#CC(N)Cc1cccc([N+](=O)[O-])c1. The van der Waals surface area contributed by atoms with Crippen LogP contribution in [-0.2, 0) is 6.42 Å². The average Bonchev–Trinajstić information content (AvgIpc) is 2.18. The smallest absolute Gasteiger partial charge is 0.269 e. The van der Waals surface area contributed by atoms with E-state index in [0.29, 0.717) is 12.0 Å². The molecule has 1 aromatic rings. The maximum absolute atomic E-state index is 10.4. The minimum Gasteiger partial charge on any atom is -0.316 e. The molecule has 0 saturated carbocycles. The highest BCUT2D eigenvalue weighted by atomic mass is 16.6. The summed E-state index contributed by atoms with van der Waals surface area (Å²) in [5.41, 5.74) is 6.12. The van der Waals surface area contributed by atoms with Crippen molar-refractivity contribution in [2.75, 3.05) is 0 Å². The molecule has 0 spiro atoms. The highest BCUT2D eigenvalue weighted by molar-refractivity contribution is 5.34. The molecule has 0 aliphatic rings. The Kier molecular flexibility index (Phi) is 3.15. The summed E-state index contributed by atoms with van der Waals surface area (Å²) < 4.78 is 0. The summed E-state index contributed by atoms with van der Waals surface area (Å²) in [6.07, 6.45) is 0.332. The van der Waals surface area contributed by atoms with Crippen molar-refractivity contribution in [3.05, 3.63) is 39.9 Å². The first kappa shape index (κ1) is 10.2. The Hall–Kier alpha value is -1.93. The Morgan fingerprint density at radius 3 is 2.93 bits per heavy atom. The monoisotopic (exact) mass is 191 g/mol. The number of hydrogen-bond donors (Lipinski definition) is 1. The van der Waals surface area contributed by atoms with Crippen molar-refractivity contribution < 1.29 is 4.92 Å². The Labute approximate surface area is 80.9 Å². The minimum absolute atomic E-state index is 0.0210. The second-order valence-corrected chi connectivity index (χ2v) is 2.87. The van der Waals surface area contributed by atoms with E-state index in [1.54, 1.807) is 12.1 Å². The Balaban J connectivity index is 2.85. The molecule has 0 heterocycles. The van der Waals surface area contributed by atoms with Crippen molar-refractivity contribution in [3.8, 4) is 6.07 Å². The Bertz CT molecular complexity index is 384. The number of rotatable bonds is 3. The van der Waals surface area contributed by atoms with Gasteiger partial charge in [0.15, 0.2) is 0 Å². The molecule has 2 N–H and O–H groups in total. The van der Waals surface area contributed by atoms with E-state index in [4.69, 9.17) is 11.0 Å². The maximum Gasteiger partial charge on any atom is 0.269 e. The molecule has 72 valence electrons. The van der Waals surface area contributed by atoms with Crippen molar-refractivity contribution in [1.82, 2.24) is 0 Å². The molecule has 0 fully saturated rings. The van der Waals surface area contributed by atoms with Gasteiger partial charge in [0.2, 0.25) is 0 Å². The summed E-state index contributed by atoms with van der Waals surface area (Å²) in [5.74, 6) is 0. The van der Waals surface area contributed by atoms with Crippen LogP contribution in [-0.4, -0.2) is 11.0 Å². The first-order valence-electron chi connectivity index (χ1n) is 4.02. The summed E-state index contributed by atoms with van der Waals surface area (Å²) in [4.78, 5) is 9.95. The summed E-state index contributed by atoms with van der Waals surface area (Å²) in [6, 6.07) is 7.38. The lowest BCUT2D eigenvalue weighted by molar-refractivity contribution is -0.384. The maximum atomic E-state index is 10.4. The molecule has 1 rings (SSSR count). The molecular weight excluding hydrogens is 182 g/mol. The number of nitriles is 1. The van der Waals surface area contributed by atoms with Gasteiger partial charge >= 0.3 is 0 Å². The number of hydrogen-bond acceptors (Lipinski definition) is 4. The Morgan fingerprint density at radius 2 is 2.36 bits per heavy atom. The lowest BCUT2D eigenvalue weighted by atomic mass is 10.1. The third kappa shape index (κ3) is 2.54. The molecule has 0 amide bonds. The van der Waals surface area contributed by atoms with E-state index in [9.17, 15) is 10.1 Å². The molecule has 0 aliphatic carbocycles. The van der Waals surface area contributed by atoms with Crippen LogP contribution in [0.25, 0.3) is 0 Å². The fraction of sp³-hybridized carbons (Fsp3) is 0.222. The van der Waals surface area contributed by atoms with Gasteiger partial charge in [-0.15, -0.1) is 0 Å². The van der Waals surface area contributed by atoms with Crippen LogP contribution < -0.4 is 5.73 Å². The molecule has 1 atom stereocenters. The van der Waals surface area contributed by atoms with Crippen LogP contribution in [0.15, 0.2) is 24.3 Å². The zero-order valence-electron chi connectivity index (χ0n) is 7.38. The molecule has 0 aromatic heterocycles.